The smallest absolute Gasteiger partial charge is 0.199 e. The molecule has 1 saturated heterocycles. The fourth-order valence-electron chi connectivity index (χ4n) is 5.13. The van der Waals surface area contributed by atoms with Gasteiger partial charge in [-0.15, -0.1) is 0 Å². The van der Waals surface area contributed by atoms with Crippen LogP contribution in [0.4, 0.5) is 4.39 Å². The molecule has 0 saturated carbocycles. The highest BCUT2D eigenvalue weighted by atomic mass is 19.1. The fraction of sp³-hybridized carbons (Fsp3) is 0.480. The number of ether oxygens (including phenoxy) is 2. The average Bonchev–Trinajstić information content (AvgIpc) is 2.83. The van der Waals surface area contributed by atoms with Crippen molar-refractivity contribution in [3.05, 3.63) is 57.5 Å². The first kappa shape index (κ1) is 22.6. The van der Waals surface area contributed by atoms with Crippen LogP contribution in [0.2, 0.25) is 0 Å². The molecule has 2 unspecified atom stereocenters. The standard InChI is InChI=1S/C25H32FN5O3/c1-15-14-34-25-22-19(9-20(26)24(25)33-3)23(32)16(11-31(15)22)10-28-17-5-4-8-30(12-17)18-6-7-21(27)29(2)13-18/h6-7,9,11,15,17,28H,4-5,8,10,12-14,27H2,1-3H3. The Labute approximate surface area is 198 Å². The number of nitrogens with one attached hydrogen (secondary N) is 1. The Morgan fingerprint density at radius 3 is 2.94 bits per heavy atom. The van der Waals surface area contributed by atoms with Crippen LogP contribution in [0, 0.1) is 5.82 Å². The molecule has 3 aliphatic heterocycles. The molecular weight excluding hydrogens is 437 g/mol. The van der Waals surface area contributed by atoms with Crippen molar-refractivity contribution in [3.63, 3.8) is 0 Å². The number of allylic oxidation sites excluding steroid dienone is 2. The Morgan fingerprint density at radius 1 is 1.35 bits per heavy atom. The number of likely N-dealkylation sites (N-methyl/N-ethyl adjacent to an activating group) is 1. The summed E-state index contributed by atoms with van der Waals surface area (Å²) < 4.78 is 27.7. The number of nitrogens with two attached hydrogens (primary N) is 1. The predicted molar refractivity (Wildman–Crippen MR) is 129 cm³/mol. The summed E-state index contributed by atoms with van der Waals surface area (Å²) in [4.78, 5) is 17.8. The van der Waals surface area contributed by atoms with E-state index in [4.69, 9.17) is 15.2 Å². The van der Waals surface area contributed by atoms with Gasteiger partial charge in [-0.2, -0.15) is 0 Å². The maximum absolute atomic E-state index is 14.7. The number of nitrogens with zero attached hydrogens (tertiary/aromatic N) is 3. The van der Waals surface area contributed by atoms with Crippen LogP contribution in [0.1, 0.15) is 31.4 Å². The number of halogens is 1. The molecule has 8 nitrogen and oxygen atoms in total. The number of benzene rings is 1. The molecule has 4 heterocycles. The molecule has 5 rings (SSSR count). The van der Waals surface area contributed by atoms with Gasteiger partial charge in [0.15, 0.2) is 22.7 Å². The van der Waals surface area contributed by atoms with Crippen molar-refractivity contribution in [2.75, 3.05) is 40.4 Å². The Hall–Kier alpha value is -3.20. The lowest BCUT2D eigenvalue weighted by atomic mass is 10.0. The van der Waals surface area contributed by atoms with E-state index in [1.54, 1.807) is 0 Å². The molecule has 3 N–H and O–H groups in total. The van der Waals surface area contributed by atoms with Gasteiger partial charge in [0.25, 0.3) is 0 Å². The van der Waals surface area contributed by atoms with Crippen molar-refractivity contribution in [1.82, 2.24) is 19.7 Å². The quantitative estimate of drug-likeness (QED) is 0.695. The molecule has 0 radical (unpaired) electrons. The van der Waals surface area contributed by atoms with Gasteiger partial charge in [0, 0.05) is 50.2 Å². The third kappa shape index (κ3) is 3.87. The molecular formula is C25H32FN5O3. The van der Waals surface area contributed by atoms with E-state index >= 15 is 0 Å². The van der Waals surface area contributed by atoms with Crippen LogP contribution in [0.25, 0.3) is 10.9 Å². The van der Waals surface area contributed by atoms with Crippen molar-refractivity contribution in [2.24, 2.45) is 5.73 Å². The van der Waals surface area contributed by atoms with Crippen molar-refractivity contribution in [3.8, 4) is 11.5 Å². The maximum Gasteiger partial charge on any atom is 0.199 e. The lowest BCUT2D eigenvalue weighted by molar-refractivity contribution is 0.216. The Bertz CT molecular complexity index is 1240. The fourth-order valence-corrected chi connectivity index (χ4v) is 5.13. The number of methoxy groups -OCH3 is 1. The summed E-state index contributed by atoms with van der Waals surface area (Å²) in [6.45, 7) is 5.51. The number of piperidine rings is 1. The van der Waals surface area contributed by atoms with Crippen molar-refractivity contribution in [2.45, 2.75) is 38.4 Å². The summed E-state index contributed by atoms with van der Waals surface area (Å²) >= 11 is 0. The molecule has 9 heteroatoms. The average molecular weight is 470 g/mol. The lowest BCUT2D eigenvalue weighted by Crippen LogP contribution is -2.47. The van der Waals surface area contributed by atoms with Crippen molar-refractivity contribution in [1.29, 1.82) is 0 Å². The summed E-state index contributed by atoms with van der Waals surface area (Å²) in [6, 6.07) is 1.55. The minimum Gasteiger partial charge on any atom is -0.490 e. The zero-order valence-corrected chi connectivity index (χ0v) is 19.9. The number of likely N-dealkylation sites (tertiary alicyclic amines) is 1. The lowest BCUT2D eigenvalue weighted by Gasteiger charge is -2.39. The van der Waals surface area contributed by atoms with Gasteiger partial charge in [0.05, 0.1) is 36.4 Å². The molecule has 1 aromatic heterocycles. The van der Waals surface area contributed by atoms with Crippen molar-refractivity contribution < 1.29 is 13.9 Å². The van der Waals surface area contributed by atoms with E-state index < -0.39 is 5.82 Å². The summed E-state index contributed by atoms with van der Waals surface area (Å²) in [5.74, 6) is 0.528. The second-order valence-electron chi connectivity index (χ2n) is 9.44. The van der Waals surface area contributed by atoms with Gasteiger partial charge in [-0.05, 0) is 38.0 Å². The third-order valence-electron chi connectivity index (χ3n) is 7.10. The van der Waals surface area contributed by atoms with Crippen LogP contribution in [0.5, 0.6) is 11.5 Å². The van der Waals surface area contributed by atoms with Crippen LogP contribution >= 0.6 is 0 Å². The topological polar surface area (TPSA) is 85.0 Å². The minimum atomic E-state index is -0.586. The van der Waals surface area contributed by atoms with E-state index in [0.29, 0.717) is 35.4 Å². The van der Waals surface area contributed by atoms with Gasteiger partial charge in [-0.3, -0.25) is 4.79 Å². The SMILES string of the molecule is COc1c(F)cc2c(=O)c(CNC3CCCN(C4=CC=C(N)N(C)C4)C3)cn3c2c1OCC3C. The van der Waals surface area contributed by atoms with Crippen LogP contribution in [0.15, 0.2) is 40.7 Å². The number of hydrogen-bond acceptors (Lipinski definition) is 7. The second kappa shape index (κ2) is 8.87. The van der Waals surface area contributed by atoms with Gasteiger partial charge in [-0.1, -0.05) is 0 Å². The first-order chi connectivity index (χ1) is 16.4. The van der Waals surface area contributed by atoms with Crippen LogP contribution in [0.3, 0.4) is 0 Å². The molecule has 0 bridgehead atoms. The van der Waals surface area contributed by atoms with Crippen LogP contribution < -0.4 is 26.0 Å². The van der Waals surface area contributed by atoms with Gasteiger partial charge >= 0.3 is 0 Å². The van der Waals surface area contributed by atoms with E-state index in [2.05, 4.69) is 16.3 Å². The van der Waals surface area contributed by atoms with Crippen LogP contribution in [-0.2, 0) is 6.54 Å². The minimum absolute atomic E-state index is 0.0189. The molecule has 3 aliphatic rings. The zero-order chi connectivity index (χ0) is 24.0. The van der Waals surface area contributed by atoms with Gasteiger partial charge < -0.3 is 34.9 Å². The summed E-state index contributed by atoms with van der Waals surface area (Å²) in [5.41, 5.74) is 8.27. The highest BCUT2D eigenvalue weighted by Gasteiger charge is 2.28. The van der Waals surface area contributed by atoms with E-state index in [9.17, 15) is 9.18 Å². The maximum atomic E-state index is 14.7. The molecule has 2 aromatic rings. The zero-order valence-electron chi connectivity index (χ0n) is 19.9. The largest absolute Gasteiger partial charge is 0.490 e. The highest BCUT2D eigenvalue weighted by molar-refractivity contribution is 5.89. The second-order valence-corrected chi connectivity index (χ2v) is 9.44. The summed E-state index contributed by atoms with van der Waals surface area (Å²) in [7, 11) is 3.40. The Balaban J connectivity index is 1.39. The molecule has 1 fully saturated rings. The van der Waals surface area contributed by atoms with Gasteiger partial charge in [-0.25, -0.2) is 4.39 Å². The monoisotopic (exact) mass is 469 g/mol. The molecule has 0 amide bonds. The summed E-state index contributed by atoms with van der Waals surface area (Å²) in [5, 5.41) is 3.91. The molecule has 2 atom stereocenters. The summed E-state index contributed by atoms with van der Waals surface area (Å²) in [6.07, 6.45) is 8.05. The normalized spacial score (nSPS) is 22.4. The molecule has 34 heavy (non-hydrogen) atoms. The number of pyridine rings is 1. The Morgan fingerprint density at radius 2 is 2.18 bits per heavy atom. The molecule has 0 spiro atoms. The van der Waals surface area contributed by atoms with Gasteiger partial charge in [0.2, 0.25) is 0 Å². The first-order valence-corrected chi connectivity index (χ1v) is 11.8. The van der Waals surface area contributed by atoms with Crippen LogP contribution in [-0.4, -0.2) is 60.8 Å². The van der Waals surface area contributed by atoms with E-state index in [-0.39, 0.29) is 23.3 Å². The van der Waals surface area contributed by atoms with Gasteiger partial charge in [0.1, 0.15) is 6.61 Å². The van der Waals surface area contributed by atoms with E-state index in [1.165, 1.54) is 18.9 Å². The van der Waals surface area contributed by atoms with E-state index in [1.807, 2.05) is 35.7 Å². The number of hydrogen-bond donors (Lipinski definition) is 2. The highest BCUT2D eigenvalue weighted by Crippen LogP contribution is 2.41. The van der Waals surface area contributed by atoms with Crippen molar-refractivity contribution >= 4 is 10.9 Å². The molecule has 0 aliphatic carbocycles. The first-order valence-electron chi connectivity index (χ1n) is 11.8. The number of aromatic nitrogens is 1. The molecule has 1 aromatic carbocycles. The Kier molecular flexibility index (Phi) is 5.89. The van der Waals surface area contributed by atoms with E-state index in [0.717, 1.165) is 38.3 Å². The predicted octanol–water partition coefficient (Wildman–Crippen LogP) is 2.29. The number of rotatable bonds is 5. The third-order valence-corrected chi connectivity index (χ3v) is 7.10. The molecule has 182 valence electrons.